The van der Waals surface area contributed by atoms with Crippen molar-refractivity contribution in [2.75, 3.05) is 0 Å². The largest absolute Gasteiger partial charge is 0.312 e. The number of rotatable bonds is 1. The molecule has 1 atom stereocenters. The fourth-order valence-corrected chi connectivity index (χ4v) is 2.90. The van der Waals surface area contributed by atoms with E-state index in [1.165, 1.54) is 11.1 Å². The lowest BCUT2D eigenvalue weighted by atomic mass is 10.0. The number of amides is 1. The van der Waals surface area contributed by atoms with E-state index >= 15 is 0 Å². The summed E-state index contributed by atoms with van der Waals surface area (Å²) in [7, 11) is 0. The van der Waals surface area contributed by atoms with Crippen LogP contribution in [-0.4, -0.2) is 30.8 Å². The number of pyridine rings is 1. The number of fused-ring (bicyclic) bond motifs is 3. The third-order valence-corrected chi connectivity index (χ3v) is 4.02. The Morgan fingerprint density at radius 3 is 2.88 bits per heavy atom. The van der Waals surface area contributed by atoms with E-state index in [2.05, 4.69) is 21.4 Å². The molecule has 3 heterocycles. The molecule has 0 saturated heterocycles. The molecule has 0 saturated carbocycles. The van der Waals surface area contributed by atoms with Gasteiger partial charge in [0.05, 0.1) is 35.8 Å². The average molecular weight is 316 g/mol. The van der Waals surface area contributed by atoms with Gasteiger partial charge in [-0.15, -0.1) is 5.10 Å². The zero-order valence-corrected chi connectivity index (χ0v) is 12.6. The lowest BCUT2D eigenvalue weighted by Crippen LogP contribution is -2.33. The molecule has 1 unspecified atom stereocenters. The van der Waals surface area contributed by atoms with Gasteiger partial charge in [-0.25, -0.2) is 4.68 Å². The van der Waals surface area contributed by atoms with Crippen molar-refractivity contribution in [3.63, 3.8) is 0 Å². The van der Waals surface area contributed by atoms with Crippen LogP contribution in [0.3, 0.4) is 0 Å². The summed E-state index contributed by atoms with van der Waals surface area (Å²) in [5.41, 5.74) is 2.67. The fourth-order valence-electron chi connectivity index (χ4n) is 2.90. The van der Waals surface area contributed by atoms with Crippen molar-refractivity contribution in [3.05, 3.63) is 71.8 Å². The van der Waals surface area contributed by atoms with Crippen LogP contribution in [0.15, 0.2) is 55.0 Å². The van der Waals surface area contributed by atoms with Gasteiger partial charge in [0.1, 0.15) is 6.04 Å². The summed E-state index contributed by atoms with van der Waals surface area (Å²) in [6, 6.07) is 12.4. The minimum Gasteiger partial charge on any atom is -0.312 e. The Kier molecular flexibility index (Phi) is 3.28. The summed E-state index contributed by atoms with van der Waals surface area (Å²) < 4.78 is 1.68. The second-order valence-electron chi connectivity index (χ2n) is 5.40. The van der Waals surface area contributed by atoms with Gasteiger partial charge in [-0.1, -0.05) is 23.4 Å². The first-order valence-corrected chi connectivity index (χ1v) is 7.39. The van der Waals surface area contributed by atoms with E-state index in [0.717, 1.165) is 16.9 Å². The van der Waals surface area contributed by atoms with Gasteiger partial charge >= 0.3 is 0 Å². The third-order valence-electron chi connectivity index (χ3n) is 4.02. The van der Waals surface area contributed by atoms with Gasteiger partial charge in [0.15, 0.2) is 0 Å². The second kappa shape index (κ2) is 5.59. The van der Waals surface area contributed by atoms with Gasteiger partial charge in [0, 0.05) is 18.0 Å². The molecule has 0 fully saturated rings. The zero-order valence-electron chi connectivity index (χ0n) is 12.6. The number of hydrogen-bond donors (Lipinski definition) is 0. The van der Waals surface area contributed by atoms with Crippen molar-refractivity contribution < 1.29 is 4.79 Å². The Morgan fingerprint density at radius 2 is 2.08 bits per heavy atom. The molecular weight excluding hydrogens is 304 g/mol. The average Bonchev–Trinajstić information content (AvgIpc) is 3.05. The van der Waals surface area contributed by atoms with E-state index in [9.17, 15) is 10.1 Å². The number of aromatic nitrogens is 4. The van der Waals surface area contributed by atoms with Crippen LogP contribution in [0.4, 0.5) is 0 Å². The van der Waals surface area contributed by atoms with Crippen molar-refractivity contribution in [2.24, 2.45) is 0 Å². The first kappa shape index (κ1) is 14.1. The SMILES string of the molecule is N#CC1c2ccccc2-n2nncc2CN1C(=O)c1cccnc1. The standard InChI is InChI=1S/C17H12N6O/c18-8-16-14-5-1-2-6-15(14)23-13(10-20-21-23)11-22(16)17(24)12-4-3-7-19-9-12/h1-7,9-10,16H,11H2. The number of carbonyl (C=O) groups excluding carboxylic acids is 1. The number of nitrogens with zero attached hydrogens (tertiary/aromatic N) is 6. The van der Waals surface area contributed by atoms with Gasteiger partial charge in [0.25, 0.3) is 5.91 Å². The number of para-hydroxylation sites is 1. The lowest BCUT2D eigenvalue weighted by Gasteiger charge is -2.25. The van der Waals surface area contributed by atoms with E-state index in [4.69, 9.17) is 0 Å². The van der Waals surface area contributed by atoms with E-state index in [-0.39, 0.29) is 12.5 Å². The maximum Gasteiger partial charge on any atom is 0.257 e. The molecule has 0 N–H and O–H groups in total. The van der Waals surface area contributed by atoms with Crippen LogP contribution in [0.2, 0.25) is 0 Å². The Hall–Kier alpha value is -3.53. The zero-order chi connectivity index (χ0) is 16.5. The number of benzene rings is 1. The summed E-state index contributed by atoms with van der Waals surface area (Å²) in [5, 5.41) is 17.8. The molecule has 4 rings (SSSR count). The molecule has 0 spiro atoms. The highest BCUT2D eigenvalue weighted by Crippen LogP contribution is 2.32. The highest BCUT2D eigenvalue weighted by Gasteiger charge is 2.32. The van der Waals surface area contributed by atoms with Gasteiger partial charge in [-0.3, -0.25) is 9.78 Å². The quantitative estimate of drug-likeness (QED) is 0.684. The summed E-state index contributed by atoms with van der Waals surface area (Å²) in [6.45, 7) is 0.244. The van der Waals surface area contributed by atoms with Crippen molar-refractivity contribution in [3.8, 4) is 11.8 Å². The Labute approximate surface area is 137 Å². The van der Waals surface area contributed by atoms with Crippen LogP contribution >= 0.6 is 0 Å². The molecule has 1 aliphatic rings. The van der Waals surface area contributed by atoms with Crippen LogP contribution < -0.4 is 0 Å². The summed E-state index contributed by atoms with van der Waals surface area (Å²) in [4.78, 5) is 18.5. The topological polar surface area (TPSA) is 87.7 Å². The van der Waals surface area contributed by atoms with Crippen molar-refractivity contribution in [2.45, 2.75) is 12.6 Å². The van der Waals surface area contributed by atoms with E-state index < -0.39 is 6.04 Å². The Bertz CT molecular complexity index is 943. The molecule has 1 aromatic carbocycles. The maximum absolute atomic E-state index is 12.9. The lowest BCUT2D eigenvalue weighted by molar-refractivity contribution is 0.0702. The van der Waals surface area contributed by atoms with Gasteiger partial charge in [-0.2, -0.15) is 5.26 Å². The maximum atomic E-state index is 12.9. The normalized spacial score (nSPS) is 15.8. The van der Waals surface area contributed by atoms with E-state index in [1.54, 1.807) is 29.2 Å². The summed E-state index contributed by atoms with van der Waals surface area (Å²) >= 11 is 0. The van der Waals surface area contributed by atoms with Gasteiger partial charge in [-0.05, 0) is 18.2 Å². The molecule has 7 nitrogen and oxygen atoms in total. The molecule has 3 aromatic rings. The number of hydrogen-bond acceptors (Lipinski definition) is 5. The predicted octanol–water partition coefficient (Wildman–Crippen LogP) is 1.88. The predicted molar refractivity (Wildman–Crippen MR) is 83.8 cm³/mol. The Morgan fingerprint density at radius 1 is 1.21 bits per heavy atom. The number of carbonyl (C=O) groups is 1. The summed E-state index contributed by atoms with van der Waals surface area (Å²) in [6.07, 6.45) is 4.72. The smallest absolute Gasteiger partial charge is 0.257 e. The van der Waals surface area contributed by atoms with E-state index in [0.29, 0.717) is 5.56 Å². The minimum atomic E-state index is -0.712. The molecule has 0 bridgehead atoms. The molecule has 1 amide bonds. The minimum absolute atomic E-state index is 0.244. The van der Waals surface area contributed by atoms with Crippen LogP contribution in [0, 0.1) is 11.3 Å². The third kappa shape index (κ3) is 2.13. The van der Waals surface area contributed by atoms with Crippen molar-refractivity contribution in [1.82, 2.24) is 24.9 Å². The van der Waals surface area contributed by atoms with Crippen LogP contribution in [0.25, 0.3) is 5.69 Å². The number of nitriles is 1. The van der Waals surface area contributed by atoms with Gasteiger partial charge < -0.3 is 4.90 Å². The second-order valence-corrected chi connectivity index (χ2v) is 5.40. The summed E-state index contributed by atoms with van der Waals surface area (Å²) in [5.74, 6) is -0.251. The first-order valence-electron chi connectivity index (χ1n) is 7.39. The van der Waals surface area contributed by atoms with E-state index in [1.807, 2.05) is 24.3 Å². The van der Waals surface area contributed by atoms with Crippen molar-refractivity contribution >= 4 is 5.91 Å². The molecule has 24 heavy (non-hydrogen) atoms. The van der Waals surface area contributed by atoms with Crippen molar-refractivity contribution in [1.29, 1.82) is 5.26 Å². The highest BCUT2D eigenvalue weighted by atomic mass is 16.2. The molecule has 2 aromatic heterocycles. The van der Waals surface area contributed by atoms with Gasteiger partial charge in [0.2, 0.25) is 0 Å². The monoisotopic (exact) mass is 316 g/mol. The highest BCUT2D eigenvalue weighted by molar-refractivity contribution is 5.94. The van der Waals surface area contributed by atoms with Crippen LogP contribution in [0.1, 0.15) is 27.7 Å². The molecule has 0 aliphatic carbocycles. The molecule has 1 aliphatic heterocycles. The van der Waals surface area contributed by atoms with Crippen LogP contribution in [0.5, 0.6) is 0 Å². The van der Waals surface area contributed by atoms with Crippen LogP contribution in [-0.2, 0) is 6.54 Å². The molecule has 116 valence electrons. The molecule has 7 heteroatoms. The molecular formula is C17H12N6O. The molecule has 0 radical (unpaired) electrons. The Balaban J connectivity index is 1.88. The fraction of sp³-hybridized carbons (Fsp3) is 0.118. The first-order chi connectivity index (χ1) is 11.8.